The topological polar surface area (TPSA) is 48.0 Å². The predicted octanol–water partition coefficient (Wildman–Crippen LogP) is 2.57. The maximum atomic E-state index is 12.9. The van der Waals surface area contributed by atoms with Crippen LogP contribution in [0.2, 0.25) is 0 Å². The van der Waals surface area contributed by atoms with Gasteiger partial charge in [0.25, 0.3) is 5.56 Å². The van der Waals surface area contributed by atoms with E-state index < -0.39 is 17.8 Å². The predicted molar refractivity (Wildman–Crippen MR) is 69.1 cm³/mol. The van der Waals surface area contributed by atoms with E-state index in [4.69, 9.17) is 5.73 Å². The maximum absolute atomic E-state index is 12.9. The summed E-state index contributed by atoms with van der Waals surface area (Å²) in [5.74, 6) is 0. The molecule has 0 bridgehead atoms. The molecule has 6 heteroatoms. The number of alkyl halides is 3. The number of benzene rings is 1. The molecule has 0 aliphatic rings. The highest BCUT2D eigenvalue weighted by Crippen LogP contribution is 2.34. The van der Waals surface area contributed by atoms with E-state index >= 15 is 0 Å². The van der Waals surface area contributed by atoms with E-state index in [1.54, 1.807) is 12.1 Å². The molecule has 0 radical (unpaired) electrons. The van der Waals surface area contributed by atoms with Crippen LogP contribution in [0.25, 0.3) is 0 Å². The molecule has 1 aromatic heterocycles. The molecule has 1 atom stereocenters. The molecule has 1 unspecified atom stereocenters. The molecule has 3 nitrogen and oxygen atoms in total. The number of halogens is 3. The fraction of sp³-hybridized carbons (Fsp3) is 0.214. The Morgan fingerprint density at radius 3 is 2.40 bits per heavy atom. The zero-order valence-electron chi connectivity index (χ0n) is 10.5. The second-order valence-electron chi connectivity index (χ2n) is 4.38. The summed E-state index contributed by atoms with van der Waals surface area (Å²) in [5, 5.41) is 0. The van der Waals surface area contributed by atoms with Gasteiger partial charge in [0.05, 0.1) is 5.56 Å². The first-order valence-electron chi connectivity index (χ1n) is 5.97. The lowest BCUT2D eigenvalue weighted by atomic mass is 10.0. The van der Waals surface area contributed by atoms with Crippen LogP contribution in [-0.2, 0) is 12.7 Å². The molecule has 0 amide bonds. The lowest BCUT2D eigenvalue weighted by molar-refractivity contribution is -0.138. The van der Waals surface area contributed by atoms with E-state index in [-0.39, 0.29) is 17.7 Å². The molecule has 0 saturated carbocycles. The van der Waals surface area contributed by atoms with E-state index in [2.05, 4.69) is 0 Å². The van der Waals surface area contributed by atoms with Gasteiger partial charge in [-0.25, -0.2) is 0 Å². The van der Waals surface area contributed by atoms with Crippen molar-refractivity contribution in [2.45, 2.75) is 18.8 Å². The molecule has 2 aromatic rings. The lowest BCUT2D eigenvalue weighted by Gasteiger charge is -2.19. The number of nitrogens with zero attached hydrogens (tertiary/aromatic N) is 1. The first-order valence-corrected chi connectivity index (χ1v) is 5.97. The first-order chi connectivity index (χ1) is 9.39. The lowest BCUT2D eigenvalue weighted by Crippen LogP contribution is -2.27. The van der Waals surface area contributed by atoms with Gasteiger partial charge in [0.2, 0.25) is 0 Å². The number of rotatable bonds is 3. The fourth-order valence-electron chi connectivity index (χ4n) is 2.00. The number of hydrogen-bond acceptors (Lipinski definition) is 2. The summed E-state index contributed by atoms with van der Waals surface area (Å²) in [4.78, 5) is 11.6. The largest absolute Gasteiger partial charge is 0.416 e. The van der Waals surface area contributed by atoms with Crippen molar-refractivity contribution in [2.24, 2.45) is 5.73 Å². The minimum atomic E-state index is -4.46. The van der Waals surface area contributed by atoms with Gasteiger partial charge >= 0.3 is 6.18 Å². The van der Waals surface area contributed by atoms with Crippen molar-refractivity contribution >= 4 is 0 Å². The second-order valence-corrected chi connectivity index (χ2v) is 4.38. The smallest absolute Gasteiger partial charge is 0.322 e. The number of hydrogen-bond donors (Lipinski definition) is 1. The standard InChI is InChI=1S/C14H13F3N2O/c15-14(16,17)11-6-2-1-5-10(11)12(18)9-19-8-4-3-7-13(19)20/h1-8,12H,9,18H2. The van der Waals surface area contributed by atoms with Gasteiger partial charge in [-0.05, 0) is 17.7 Å². The third-order valence-electron chi connectivity index (χ3n) is 2.96. The van der Waals surface area contributed by atoms with Crippen molar-refractivity contribution in [3.05, 3.63) is 70.1 Å². The van der Waals surface area contributed by atoms with Crippen LogP contribution in [-0.4, -0.2) is 4.57 Å². The van der Waals surface area contributed by atoms with Crippen molar-refractivity contribution < 1.29 is 13.2 Å². The number of nitrogens with two attached hydrogens (primary N) is 1. The molecule has 2 rings (SSSR count). The van der Waals surface area contributed by atoms with Crippen LogP contribution in [0.5, 0.6) is 0 Å². The van der Waals surface area contributed by atoms with Gasteiger partial charge in [-0.3, -0.25) is 4.79 Å². The Morgan fingerprint density at radius 2 is 1.75 bits per heavy atom. The van der Waals surface area contributed by atoms with Crippen molar-refractivity contribution in [3.63, 3.8) is 0 Å². The summed E-state index contributed by atoms with van der Waals surface area (Å²) < 4.78 is 40.0. The molecule has 2 N–H and O–H groups in total. The average molecular weight is 282 g/mol. The van der Waals surface area contributed by atoms with Gasteiger partial charge < -0.3 is 10.3 Å². The monoisotopic (exact) mass is 282 g/mol. The highest BCUT2D eigenvalue weighted by Gasteiger charge is 2.34. The fourth-order valence-corrected chi connectivity index (χ4v) is 2.00. The molecule has 0 fully saturated rings. The third-order valence-corrected chi connectivity index (χ3v) is 2.96. The second kappa shape index (κ2) is 5.50. The van der Waals surface area contributed by atoms with Crippen molar-refractivity contribution in [3.8, 4) is 0 Å². The molecule has 0 aliphatic heterocycles. The van der Waals surface area contributed by atoms with Crippen LogP contribution < -0.4 is 11.3 Å². The van der Waals surface area contributed by atoms with E-state index in [0.29, 0.717) is 0 Å². The van der Waals surface area contributed by atoms with Gasteiger partial charge in [-0.15, -0.1) is 0 Å². The number of aromatic nitrogens is 1. The van der Waals surface area contributed by atoms with Crippen LogP contribution in [0.4, 0.5) is 13.2 Å². The van der Waals surface area contributed by atoms with Gasteiger partial charge in [0.1, 0.15) is 0 Å². The van der Waals surface area contributed by atoms with Crippen LogP contribution in [0.15, 0.2) is 53.5 Å². The molecule has 0 aliphatic carbocycles. The Kier molecular flexibility index (Phi) is 3.94. The van der Waals surface area contributed by atoms with Crippen LogP contribution in [0.1, 0.15) is 17.2 Å². The zero-order valence-corrected chi connectivity index (χ0v) is 10.5. The summed E-state index contributed by atoms with van der Waals surface area (Å²) >= 11 is 0. The van der Waals surface area contributed by atoms with E-state index in [0.717, 1.165) is 6.07 Å². The SMILES string of the molecule is NC(Cn1ccccc1=O)c1ccccc1C(F)(F)F. The summed E-state index contributed by atoms with van der Waals surface area (Å²) in [5.41, 5.74) is 4.75. The summed E-state index contributed by atoms with van der Waals surface area (Å²) in [7, 11) is 0. The Morgan fingerprint density at radius 1 is 1.10 bits per heavy atom. The van der Waals surface area contributed by atoms with Crippen LogP contribution >= 0.6 is 0 Å². The van der Waals surface area contributed by atoms with Gasteiger partial charge in [0.15, 0.2) is 0 Å². The molecule has 1 heterocycles. The molecule has 106 valence electrons. The van der Waals surface area contributed by atoms with Gasteiger partial charge in [-0.1, -0.05) is 24.3 Å². The summed E-state index contributed by atoms with van der Waals surface area (Å²) in [6, 6.07) is 8.75. The van der Waals surface area contributed by atoms with Gasteiger partial charge in [-0.2, -0.15) is 13.2 Å². The quantitative estimate of drug-likeness (QED) is 0.940. The van der Waals surface area contributed by atoms with Gasteiger partial charge in [0, 0.05) is 24.8 Å². The van der Waals surface area contributed by atoms with Crippen molar-refractivity contribution in [1.82, 2.24) is 4.57 Å². The molecule has 1 aromatic carbocycles. The Balaban J connectivity index is 2.33. The highest BCUT2D eigenvalue weighted by atomic mass is 19.4. The minimum Gasteiger partial charge on any atom is -0.322 e. The average Bonchev–Trinajstić information content (AvgIpc) is 2.40. The van der Waals surface area contributed by atoms with Crippen molar-refractivity contribution in [2.75, 3.05) is 0 Å². The van der Waals surface area contributed by atoms with Crippen molar-refractivity contribution in [1.29, 1.82) is 0 Å². The van der Waals surface area contributed by atoms with Crippen LogP contribution in [0, 0.1) is 0 Å². The maximum Gasteiger partial charge on any atom is 0.416 e. The normalized spacial score (nSPS) is 13.2. The number of pyridine rings is 1. The molecule has 0 spiro atoms. The van der Waals surface area contributed by atoms with E-state index in [1.807, 2.05) is 0 Å². The molecular formula is C14H13F3N2O. The highest BCUT2D eigenvalue weighted by molar-refractivity contribution is 5.32. The van der Waals surface area contributed by atoms with E-state index in [1.165, 1.54) is 35.0 Å². The first kappa shape index (κ1) is 14.3. The Labute approximate surface area is 113 Å². The minimum absolute atomic E-state index is 0.00718. The molecular weight excluding hydrogens is 269 g/mol. The zero-order chi connectivity index (χ0) is 14.8. The van der Waals surface area contributed by atoms with E-state index in [9.17, 15) is 18.0 Å². The summed E-state index contributed by atoms with van der Waals surface area (Å²) in [6.45, 7) is -0.00718. The van der Waals surface area contributed by atoms with Crippen LogP contribution in [0.3, 0.4) is 0 Å². The third kappa shape index (κ3) is 3.08. The molecule has 0 saturated heterocycles. The summed E-state index contributed by atoms with van der Waals surface area (Å²) in [6.07, 6.45) is -2.96. The Bertz CT molecular complexity index is 649. The Hall–Kier alpha value is -2.08. The molecule has 20 heavy (non-hydrogen) atoms.